The summed E-state index contributed by atoms with van der Waals surface area (Å²) >= 11 is 0. The highest BCUT2D eigenvalue weighted by Gasteiger charge is 2.43. The van der Waals surface area contributed by atoms with Gasteiger partial charge in [0.05, 0.1) is 17.2 Å². The summed E-state index contributed by atoms with van der Waals surface area (Å²) in [7, 11) is 0. The number of rotatable bonds is 6. The maximum absolute atomic E-state index is 13.1. The molecule has 2 unspecified atom stereocenters. The molecule has 3 nitrogen and oxygen atoms in total. The third kappa shape index (κ3) is 2.39. The molecule has 3 heteroatoms. The minimum Gasteiger partial charge on any atom is -0.297 e. The van der Waals surface area contributed by atoms with Crippen molar-refractivity contribution >= 4 is 5.78 Å². The molecule has 0 bridgehead atoms. The highest BCUT2D eigenvalue weighted by molar-refractivity contribution is 5.94. The first-order valence-electron chi connectivity index (χ1n) is 7.81. The number of nitrogens with zero attached hydrogens (tertiary/aromatic N) is 2. The molecule has 1 heterocycles. The van der Waals surface area contributed by atoms with Gasteiger partial charge in [0.2, 0.25) is 0 Å². The van der Waals surface area contributed by atoms with Gasteiger partial charge in [-0.05, 0) is 50.9 Å². The average Bonchev–Trinajstić information content (AvgIpc) is 2.91. The molecule has 0 radical (unpaired) electrons. The highest BCUT2D eigenvalue weighted by Crippen LogP contribution is 2.37. The largest absolute Gasteiger partial charge is 0.297 e. The Kier molecular flexibility index (Phi) is 4.59. The zero-order valence-corrected chi connectivity index (χ0v) is 13.1. The summed E-state index contributed by atoms with van der Waals surface area (Å²) in [5.41, 5.74) is 1.90. The van der Waals surface area contributed by atoms with Crippen LogP contribution in [0.2, 0.25) is 0 Å². The Morgan fingerprint density at radius 3 is 2.70 bits per heavy atom. The van der Waals surface area contributed by atoms with Crippen LogP contribution >= 0.6 is 0 Å². The second-order valence-corrected chi connectivity index (χ2v) is 5.80. The van der Waals surface area contributed by atoms with Gasteiger partial charge in [0.25, 0.3) is 0 Å². The fraction of sp³-hybridized carbons (Fsp3) is 0.647. The summed E-state index contributed by atoms with van der Waals surface area (Å²) in [5, 5.41) is 0. The van der Waals surface area contributed by atoms with Crippen LogP contribution < -0.4 is 0 Å². The molecule has 0 amide bonds. The van der Waals surface area contributed by atoms with Crippen molar-refractivity contribution in [2.24, 2.45) is 0 Å². The van der Waals surface area contributed by atoms with Crippen LogP contribution in [0.3, 0.4) is 0 Å². The van der Waals surface area contributed by atoms with Gasteiger partial charge < -0.3 is 0 Å². The van der Waals surface area contributed by atoms with Crippen molar-refractivity contribution in [3.8, 4) is 0 Å². The van der Waals surface area contributed by atoms with Gasteiger partial charge in [-0.3, -0.25) is 14.7 Å². The summed E-state index contributed by atoms with van der Waals surface area (Å²) in [6.45, 7) is 10.3. The average molecular weight is 274 g/mol. The molecular weight excluding hydrogens is 248 g/mol. The van der Waals surface area contributed by atoms with E-state index in [0.29, 0.717) is 5.78 Å². The number of aryl methyl sites for hydroxylation is 1. The maximum atomic E-state index is 13.1. The quantitative estimate of drug-likeness (QED) is 0.798. The molecule has 0 spiro atoms. The molecule has 1 aliphatic rings. The van der Waals surface area contributed by atoms with E-state index in [1.54, 1.807) is 0 Å². The van der Waals surface area contributed by atoms with E-state index < -0.39 is 0 Å². The van der Waals surface area contributed by atoms with Crippen molar-refractivity contribution in [1.82, 2.24) is 9.88 Å². The lowest BCUT2D eigenvalue weighted by Gasteiger charge is -2.40. The van der Waals surface area contributed by atoms with Crippen molar-refractivity contribution < 1.29 is 4.79 Å². The molecule has 0 saturated carbocycles. The van der Waals surface area contributed by atoms with Gasteiger partial charge in [0.15, 0.2) is 5.78 Å². The number of hydrogen-bond acceptors (Lipinski definition) is 3. The predicted molar refractivity (Wildman–Crippen MR) is 81.9 cm³/mol. The minimum atomic E-state index is -0.368. The van der Waals surface area contributed by atoms with Crippen molar-refractivity contribution in [2.75, 3.05) is 13.1 Å². The second kappa shape index (κ2) is 6.04. The number of fused-ring (bicyclic) bond motifs is 1. The molecule has 1 aromatic heterocycles. The van der Waals surface area contributed by atoms with E-state index >= 15 is 0 Å². The molecule has 2 rings (SSSR count). The lowest BCUT2D eigenvalue weighted by atomic mass is 9.82. The molecule has 20 heavy (non-hydrogen) atoms. The normalized spacial score (nSPS) is 20.8. The molecule has 1 aliphatic carbocycles. The fourth-order valence-electron chi connectivity index (χ4n) is 3.52. The third-order valence-corrected chi connectivity index (χ3v) is 4.96. The van der Waals surface area contributed by atoms with Gasteiger partial charge in [0, 0.05) is 6.20 Å². The summed E-state index contributed by atoms with van der Waals surface area (Å²) in [4.78, 5) is 19.9. The lowest BCUT2D eigenvalue weighted by molar-refractivity contribution is -0.132. The molecule has 0 aliphatic heterocycles. The van der Waals surface area contributed by atoms with Crippen molar-refractivity contribution in [1.29, 1.82) is 0 Å². The molecule has 0 fully saturated rings. The molecule has 2 atom stereocenters. The Labute approximate surface area is 122 Å². The topological polar surface area (TPSA) is 33.2 Å². The SMILES string of the molecule is CCN(CC)C(C)(CC)C(=O)C1CCc2cccnc21. The summed E-state index contributed by atoms with van der Waals surface area (Å²) in [6, 6.07) is 4.07. The molecule has 110 valence electrons. The predicted octanol–water partition coefficient (Wildman–Crippen LogP) is 3.19. The van der Waals surface area contributed by atoms with Crippen LogP contribution in [-0.2, 0) is 11.2 Å². The number of ketones is 1. The molecule has 0 saturated heterocycles. The van der Waals surface area contributed by atoms with Crippen LogP contribution in [0, 0.1) is 0 Å². The number of Topliss-reactive ketones (excluding diaryl/α,β-unsaturated/α-hetero) is 1. The first-order chi connectivity index (χ1) is 9.58. The van der Waals surface area contributed by atoms with Gasteiger partial charge in [-0.1, -0.05) is 26.8 Å². The standard InChI is InChI=1S/C17H26N2O/c1-5-17(4,19(6-2)7-3)16(20)14-11-10-13-9-8-12-18-15(13)14/h8-9,12,14H,5-7,10-11H2,1-4H3. The first kappa shape index (κ1) is 15.2. The maximum Gasteiger partial charge on any atom is 0.161 e. The van der Waals surface area contributed by atoms with E-state index in [0.717, 1.165) is 38.0 Å². The van der Waals surface area contributed by atoms with Gasteiger partial charge in [-0.2, -0.15) is 0 Å². The van der Waals surface area contributed by atoms with Crippen LogP contribution in [0.15, 0.2) is 18.3 Å². The summed E-state index contributed by atoms with van der Waals surface area (Å²) in [6.07, 6.45) is 4.57. The minimum absolute atomic E-state index is 0.0169. The van der Waals surface area contributed by atoms with Gasteiger partial charge in [-0.15, -0.1) is 0 Å². The Hall–Kier alpha value is -1.22. The Bertz CT molecular complexity index is 482. The van der Waals surface area contributed by atoms with E-state index in [1.807, 2.05) is 12.3 Å². The van der Waals surface area contributed by atoms with E-state index in [-0.39, 0.29) is 11.5 Å². The van der Waals surface area contributed by atoms with Crippen LogP contribution in [-0.4, -0.2) is 34.3 Å². The number of hydrogen-bond donors (Lipinski definition) is 0. The smallest absolute Gasteiger partial charge is 0.161 e. The van der Waals surface area contributed by atoms with Crippen LogP contribution in [0.5, 0.6) is 0 Å². The molecule has 1 aromatic rings. The highest BCUT2D eigenvalue weighted by atomic mass is 16.1. The zero-order valence-electron chi connectivity index (χ0n) is 13.1. The van der Waals surface area contributed by atoms with E-state index in [9.17, 15) is 4.79 Å². The Morgan fingerprint density at radius 2 is 2.10 bits per heavy atom. The number of carbonyl (C=O) groups is 1. The second-order valence-electron chi connectivity index (χ2n) is 5.80. The first-order valence-corrected chi connectivity index (χ1v) is 7.81. The number of carbonyl (C=O) groups excluding carboxylic acids is 1. The molecule has 0 N–H and O–H groups in total. The zero-order chi connectivity index (χ0) is 14.8. The summed E-state index contributed by atoms with van der Waals surface area (Å²) < 4.78 is 0. The van der Waals surface area contributed by atoms with Crippen molar-refractivity contribution in [3.05, 3.63) is 29.6 Å². The number of likely N-dealkylation sites (N-methyl/N-ethyl adjacent to an activating group) is 1. The Morgan fingerprint density at radius 1 is 1.40 bits per heavy atom. The van der Waals surface area contributed by atoms with Crippen molar-refractivity contribution in [2.45, 2.75) is 58.4 Å². The lowest BCUT2D eigenvalue weighted by Crippen LogP contribution is -2.53. The number of aromatic nitrogens is 1. The third-order valence-electron chi connectivity index (χ3n) is 4.96. The monoisotopic (exact) mass is 274 g/mol. The van der Waals surface area contributed by atoms with Gasteiger partial charge in [0.1, 0.15) is 0 Å². The summed E-state index contributed by atoms with van der Waals surface area (Å²) in [5.74, 6) is 0.331. The van der Waals surface area contributed by atoms with E-state index in [4.69, 9.17) is 0 Å². The van der Waals surface area contributed by atoms with Gasteiger partial charge >= 0.3 is 0 Å². The van der Waals surface area contributed by atoms with Crippen LogP contribution in [0.25, 0.3) is 0 Å². The fourth-order valence-corrected chi connectivity index (χ4v) is 3.52. The van der Waals surface area contributed by atoms with E-state index in [2.05, 4.69) is 43.6 Å². The Balaban J connectivity index is 2.31. The molecular formula is C17H26N2O. The number of pyridine rings is 1. The molecule has 0 aromatic carbocycles. The van der Waals surface area contributed by atoms with Crippen LogP contribution in [0.1, 0.15) is 57.7 Å². The van der Waals surface area contributed by atoms with E-state index in [1.165, 1.54) is 5.56 Å². The van der Waals surface area contributed by atoms with Gasteiger partial charge in [-0.25, -0.2) is 0 Å². The van der Waals surface area contributed by atoms with Crippen LogP contribution in [0.4, 0.5) is 0 Å². The van der Waals surface area contributed by atoms with Crippen molar-refractivity contribution in [3.63, 3.8) is 0 Å².